The van der Waals surface area contributed by atoms with Crippen LogP contribution in [0.25, 0.3) is 0 Å². The van der Waals surface area contributed by atoms with Crippen LogP contribution in [0.4, 0.5) is 13.2 Å². The zero-order chi connectivity index (χ0) is 18.6. The van der Waals surface area contributed by atoms with Gasteiger partial charge in [0.15, 0.2) is 0 Å². The fraction of sp³-hybridized carbons (Fsp3) is 0.650. The Kier molecular flexibility index (Phi) is 6.22. The van der Waals surface area contributed by atoms with E-state index in [0.717, 1.165) is 32.5 Å². The highest BCUT2D eigenvalue weighted by Gasteiger charge is 2.49. The van der Waals surface area contributed by atoms with Gasteiger partial charge in [0, 0.05) is 38.6 Å². The average Bonchev–Trinajstić information content (AvgIpc) is 2.66. The van der Waals surface area contributed by atoms with Crippen molar-refractivity contribution in [3.05, 3.63) is 35.9 Å². The predicted molar refractivity (Wildman–Crippen MR) is 94.7 cm³/mol. The Bertz CT molecular complexity index is 582. The Morgan fingerprint density at radius 1 is 1.00 bits per heavy atom. The summed E-state index contributed by atoms with van der Waals surface area (Å²) < 4.78 is 39.8. The molecule has 2 fully saturated rings. The monoisotopic (exact) mass is 368 g/mol. The summed E-state index contributed by atoms with van der Waals surface area (Å²) in [6.45, 7) is 3.47. The molecule has 0 radical (unpaired) electrons. The molecule has 3 nitrogen and oxygen atoms in total. The van der Waals surface area contributed by atoms with Gasteiger partial charge >= 0.3 is 6.18 Å². The van der Waals surface area contributed by atoms with Crippen molar-refractivity contribution in [1.82, 2.24) is 9.80 Å². The van der Waals surface area contributed by atoms with Gasteiger partial charge in [0.1, 0.15) is 0 Å². The lowest BCUT2D eigenvalue weighted by atomic mass is 9.78. The molecule has 1 aliphatic carbocycles. The SMILES string of the molecule is O=C(C1CCCCC1C(F)(F)F)N1CCN(CCc2ccccc2)CC1. The Labute approximate surface area is 153 Å². The first-order valence-electron chi connectivity index (χ1n) is 9.57. The lowest BCUT2D eigenvalue weighted by molar-refractivity contribution is -0.201. The fourth-order valence-electron chi connectivity index (χ4n) is 4.18. The van der Waals surface area contributed by atoms with Crippen LogP contribution in [0.1, 0.15) is 31.2 Å². The molecule has 144 valence electrons. The Balaban J connectivity index is 1.50. The Hall–Kier alpha value is -1.56. The summed E-state index contributed by atoms with van der Waals surface area (Å²) in [4.78, 5) is 16.7. The molecule has 2 atom stereocenters. The Morgan fingerprint density at radius 3 is 2.31 bits per heavy atom. The number of benzene rings is 1. The van der Waals surface area contributed by atoms with Crippen LogP contribution < -0.4 is 0 Å². The molecule has 1 amide bonds. The number of piperazine rings is 1. The van der Waals surface area contributed by atoms with Crippen molar-refractivity contribution in [2.24, 2.45) is 11.8 Å². The van der Waals surface area contributed by atoms with Crippen LogP contribution >= 0.6 is 0 Å². The number of hydrogen-bond acceptors (Lipinski definition) is 2. The van der Waals surface area contributed by atoms with Crippen LogP contribution in [-0.2, 0) is 11.2 Å². The van der Waals surface area contributed by atoms with Gasteiger partial charge in [-0.2, -0.15) is 13.2 Å². The largest absolute Gasteiger partial charge is 0.392 e. The van der Waals surface area contributed by atoms with Crippen molar-refractivity contribution in [3.63, 3.8) is 0 Å². The topological polar surface area (TPSA) is 23.6 Å². The van der Waals surface area contributed by atoms with Gasteiger partial charge in [-0.3, -0.25) is 9.69 Å². The molecular weight excluding hydrogens is 341 g/mol. The van der Waals surface area contributed by atoms with E-state index in [1.807, 2.05) is 18.2 Å². The van der Waals surface area contributed by atoms with Gasteiger partial charge in [0.05, 0.1) is 5.92 Å². The molecule has 1 saturated carbocycles. The van der Waals surface area contributed by atoms with E-state index in [4.69, 9.17) is 0 Å². The van der Waals surface area contributed by atoms with E-state index in [0.29, 0.717) is 25.9 Å². The summed E-state index contributed by atoms with van der Waals surface area (Å²) >= 11 is 0. The van der Waals surface area contributed by atoms with Gasteiger partial charge < -0.3 is 4.90 Å². The number of carbonyl (C=O) groups excluding carboxylic acids is 1. The highest BCUT2D eigenvalue weighted by atomic mass is 19.4. The third-order valence-electron chi connectivity index (χ3n) is 5.75. The molecule has 0 aromatic heterocycles. The van der Waals surface area contributed by atoms with Crippen LogP contribution in [-0.4, -0.2) is 54.6 Å². The first kappa shape index (κ1) is 19.2. The summed E-state index contributed by atoms with van der Waals surface area (Å²) in [6, 6.07) is 10.2. The lowest BCUT2D eigenvalue weighted by Gasteiger charge is -2.39. The van der Waals surface area contributed by atoms with Crippen molar-refractivity contribution in [2.75, 3.05) is 32.7 Å². The first-order chi connectivity index (χ1) is 12.4. The standard InChI is InChI=1S/C20H27F3N2O/c21-20(22,23)18-9-5-4-8-17(18)19(26)25-14-12-24(13-15-25)11-10-16-6-2-1-3-7-16/h1-3,6-7,17-18H,4-5,8-15H2. The zero-order valence-corrected chi connectivity index (χ0v) is 15.0. The summed E-state index contributed by atoms with van der Waals surface area (Å²) in [7, 11) is 0. The van der Waals surface area contributed by atoms with Gasteiger partial charge in [-0.15, -0.1) is 0 Å². The number of hydrogen-bond donors (Lipinski definition) is 0. The minimum Gasteiger partial charge on any atom is -0.340 e. The number of alkyl halides is 3. The molecule has 6 heteroatoms. The second-order valence-corrected chi connectivity index (χ2v) is 7.44. The van der Waals surface area contributed by atoms with Crippen molar-refractivity contribution in [1.29, 1.82) is 0 Å². The number of carbonyl (C=O) groups is 1. The van der Waals surface area contributed by atoms with Gasteiger partial charge in [-0.05, 0) is 24.8 Å². The molecule has 1 aliphatic heterocycles. The minimum atomic E-state index is -4.27. The van der Waals surface area contributed by atoms with Gasteiger partial charge in [0.25, 0.3) is 0 Å². The lowest BCUT2D eigenvalue weighted by Crippen LogP contribution is -2.52. The highest BCUT2D eigenvalue weighted by molar-refractivity contribution is 5.79. The number of nitrogens with zero attached hydrogens (tertiary/aromatic N) is 2. The molecule has 1 aromatic rings. The highest BCUT2D eigenvalue weighted by Crippen LogP contribution is 2.42. The van der Waals surface area contributed by atoms with Gasteiger partial charge in [-0.1, -0.05) is 43.2 Å². The summed E-state index contributed by atoms with van der Waals surface area (Å²) in [6.07, 6.45) is -1.55. The number of halogens is 3. The molecule has 2 unspecified atom stereocenters. The second-order valence-electron chi connectivity index (χ2n) is 7.44. The normalized spacial score (nSPS) is 25.3. The Morgan fingerprint density at radius 2 is 1.65 bits per heavy atom. The minimum absolute atomic E-state index is 0.0942. The van der Waals surface area contributed by atoms with E-state index in [-0.39, 0.29) is 12.3 Å². The van der Waals surface area contributed by atoms with E-state index in [1.165, 1.54) is 5.56 Å². The van der Waals surface area contributed by atoms with Crippen molar-refractivity contribution in [2.45, 2.75) is 38.3 Å². The third-order valence-corrected chi connectivity index (χ3v) is 5.75. The second kappa shape index (κ2) is 8.42. The van der Waals surface area contributed by atoms with E-state index in [1.54, 1.807) is 4.90 Å². The van der Waals surface area contributed by atoms with E-state index in [9.17, 15) is 18.0 Å². The number of rotatable bonds is 4. The molecule has 0 spiro atoms. The zero-order valence-electron chi connectivity index (χ0n) is 15.0. The van der Waals surface area contributed by atoms with Gasteiger partial charge in [-0.25, -0.2) is 0 Å². The van der Waals surface area contributed by atoms with Crippen LogP contribution in [0.2, 0.25) is 0 Å². The number of amides is 1. The van der Waals surface area contributed by atoms with Gasteiger partial charge in [0.2, 0.25) is 5.91 Å². The van der Waals surface area contributed by atoms with Crippen LogP contribution in [0.5, 0.6) is 0 Å². The smallest absolute Gasteiger partial charge is 0.340 e. The summed E-state index contributed by atoms with van der Waals surface area (Å²) in [5.74, 6) is -2.62. The third kappa shape index (κ3) is 4.78. The molecular formula is C20H27F3N2O. The predicted octanol–water partition coefficient (Wildman–Crippen LogP) is 3.74. The molecule has 2 aliphatic rings. The quantitative estimate of drug-likeness (QED) is 0.808. The maximum Gasteiger partial charge on any atom is 0.392 e. The van der Waals surface area contributed by atoms with E-state index >= 15 is 0 Å². The summed E-state index contributed by atoms with van der Waals surface area (Å²) in [5.41, 5.74) is 1.28. The molecule has 1 heterocycles. The van der Waals surface area contributed by atoms with Crippen molar-refractivity contribution < 1.29 is 18.0 Å². The van der Waals surface area contributed by atoms with E-state index in [2.05, 4.69) is 17.0 Å². The molecule has 0 N–H and O–H groups in total. The van der Waals surface area contributed by atoms with Crippen molar-refractivity contribution >= 4 is 5.91 Å². The van der Waals surface area contributed by atoms with Crippen LogP contribution in [0, 0.1) is 11.8 Å². The molecule has 1 aromatic carbocycles. The van der Waals surface area contributed by atoms with Crippen LogP contribution in [0.15, 0.2) is 30.3 Å². The fourth-order valence-corrected chi connectivity index (χ4v) is 4.18. The first-order valence-corrected chi connectivity index (χ1v) is 9.57. The molecule has 26 heavy (non-hydrogen) atoms. The van der Waals surface area contributed by atoms with Crippen molar-refractivity contribution in [3.8, 4) is 0 Å². The molecule has 0 bridgehead atoms. The van der Waals surface area contributed by atoms with Crippen LogP contribution in [0.3, 0.4) is 0 Å². The summed E-state index contributed by atoms with van der Waals surface area (Å²) in [5, 5.41) is 0. The molecule has 3 rings (SSSR count). The average molecular weight is 368 g/mol. The van der Waals surface area contributed by atoms with E-state index < -0.39 is 18.0 Å². The maximum absolute atomic E-state index is 13.3. The molecule has 1 saturated heterocycles. The maximum atomic E-state index is 13.3.